The predicted molar refractivity (Wildman–Crippen MR) is 115 cm³/mol. The van der Waals surface area contributed by atoms with Crippen LogP contribution in [0.2, 0.25) is 5.02 Å². The van der Waals surface area contributed by atoms with E-state index < -0.39 is 0 Å². The Hall–Kier alpha value is -3.13. The first-order valence-electron chi connectivity index (χ1n) is 9.78. The first kappa shape index (κ1) is 20.2. The minimum atomic E-state index is -0.381. The number of nitrogens with zero attached hydrogens (tertiary/aromatic N) is 5. The first-order valence-corrected chi connectivity index (χ1v) is 10.2. The number of imidazole rings is 1. The van der Waals surface area contributed by atoms with Crippen molar-refractivity contribution >= 4 is 29.5 Å². The molecule has 30 heavy (non-hydrogen) atoms. The van der Waals surface area contributed by atoms with Crippen LogP contribution in [0.4, 0.5) is 16.6 Å². The predicted octanol–water partition coefficient (Wildman–Crippen LogP) is 4.47. The fraction of sp³-hybridized carbons (Fsp3) is 0.333. The number of aromatic nitrogens is 4. The maximum atomic E-state index is 12.2. The summed E-state index contributed by atoms with van der Waals surface area (Å²) in [7, 11) is 0. The summed E-state index contributed by atoms with van der Waals surface area (Å²) in [5.74, 6) is 1.19. The monoisotopic (exact) mass is 426 g/mol. The number of hydrogen-bond donors (Lipinski definition) is 1. The number of benzene rings is 1. The lowest BCUT2D eigenvalue weighted by Crippen LogP contribution is -2.37. The summed E-state index contributed by atoms with van der Waals surface area (Å²) in [6, 6.07) is 9.06. The Morgan fingerprint density at radius 3 is 2.67 bits per heavy atom. The van der Waals surface area contributed by atoms with Gasteiger partial charge in [0.15, 0.2) is 0 Å². The second kappa shape index (κ2) is 8.31. The quantitative estimate of drug-likeness (QED) is 0.625. The fourth-order valence-corrected chi connectivity index (χ4v) is 3.45. The Morgan fingerprint density at radius 1 is 1.17 bits per heavy atom. The van der Waals surface area contributed by atoms with Gasteiger partial charge in [-0.15, -0.1) is 0 Å². The van der Waals surface area contributed by atoms with Gasteiger partial charge in [0.1, 0.15) is 12.4 Å². The zero-order valence-electron chi connectivity index (χ0n) is 17.0. The number of ether oxygens (including phenoxy) is 1. The van der Waals surface area contributed by atoms with Gasteiger partial charge >= 0.3 is 6.09 Å². The van der Waals surface area contributed by atoms with Gasteiger partial charge in [0.2, 0.25) is 5.95 Å². The maximum Gasteiger partial charge on any atom is 0.415 e. The molecule has 0 unspecified atom stereocenters. The zero-order valence-corrected chi connectivity index (χ0v) is 17.7. The minimum Gasteiger partial charge on any atom is -0.447 e. The molecule has 1 amide bonds. The molecule has 4 rings (SSSR count). The largest absolute Gasteiger partial charge is 0.447 e. The molecule has 1 aliphatic heterocycles. The number of hydrogen-bond acceptors (Lipinski definition) is 6. The van der Waals surface area contributed by atoms with E-state index in [1.54, 1.807) is 23.5 Å². The number of halogens is 1. The smallest absolute Gasteiger partial charge is 0.415 e. The summed E-state index contributed by atoms with van der Waals surface area (Å²) in [6.07, 6.45) is 4.94. The minimum absolute atomic E-state index is 0.0484. The Kier molecular flexibility index (Phi) is 5.59. The topological polar surface area (TPSA) is 85.2 Å². The molecule has 2 atom stereocenters. The molecule has 0 radical (unpaired) electrons. The SMILES string of the molecule is CC(C)[C@H]1COC(=O)N1c1ccnc(N[C@@H](C)c2cn(-c3ccc(Cl)cc3)cn2)n1. The molecule has 0 bridgehead atoms. The Balaban J connectivity index is 1.50. The van der Waals surface area contributed by atoms with Crippen LogP contribution in [-0.2, 0) is 4.74 Å². The number of nitrogens with one attached hydrogen (secondary N) is 1. The molecule has 9 heteroatoms. The summed E-state index contributed by atoms with van der Waals surface area (Å²) < 4.78 is 7.15. The second-order valence-corrected chi connectivity index (χ2v) is 7.98. The molecule has 156 valence electrons. The first-order chi connectivity index (χ1) is 14.4. The molecule has 1 aliphatic rings. The van der Waals surface area contributed by atoms with E-state index in [0.29, 0.717) is 23.4 Å². The van der Waals surface area contributed by atoms with Gasteiger partial charge < -0.3 is 14.6 Å². The lowest BCUT2D eigenvalue weighted by Gasteiger charge is -2.23. The second-order valence-electron chi connectivity index (χ2n) is 7.54. The van der Waals surface area contributed by atoms with Gasteiger partial charge in [-0.05, 0) is 43.2 Å². The van der Waals surface area contributed by atoms with Gasteiger partial charge in [0.25, 0.3) is 0 Å². The van der Waals surface area contributed by atoms with Crippen molar-refractivity contribution in [2.75, 3.05) is 16.8 Å². The highest BCUT2D eigenvalue weighted by Crippen LogP contribution is 2.26. The highest BCUT2D eigenvalue weighted by molar-refractivity contribution is 6.30. The van der Waals surface area contributed by atoms with Crippen LogP contribution in [-0.4, -0.2) is 38.3 Å². The van der Waals surface area contributed by atoms with Crippen molar-refractivity contribution in [2.45, 2.75) is 32.9 Å². The van der Waals surface area contributed by atoms with Crippen molar-refractivity contribution in [1.29, 1.82) is 0 Å². The number of carbonyl (C=O) groups is 1. The van der Waals surface area contributed by atoms with Crippen molar-refractivity contribution in [2.24, 2.45) is 5.92 Å². The lowest BCUT2D eigenvalue weighted by molar-refractivity contribution is 0.177. The third-order valence-electron chi connectivity index (χ3n) is 5.08. The van der Waals surface area contributed by atoms with E-state index in [1.165, 1.54) is 0 Å². The maximum absolute atomic E-state index is 12.2. The van der Waals surface area contributed by atoms with E-state index in [9.17, 15) is 4.79 Å². The molecule has 1 fully saturated rings. The van der Waals surface area contributed by atoms with Gasteiger partial charge in [-0.25, -0.2) is 14.8 Å². The Labute approximate surface area is 179 Å². The molecule has 1 saturated heterocycles. The summed E-state index contributed by atoms with van der Waals surface area (Å²) >= 11 is 5.96. The Morgan fingerprint density at radius 2 is 1.93 bits per heavy atom. The zero-order chi connectivity index (χ0) is 21.3. The van der Waals surface area contributed by atoms with Crippen molar-refractivity contribution in [3.05, 3.63) is 59.8 Å². The van der Waals surface area contributed by atoms with Crippen LogP contribution in [0.3, 0.4) is 0 Å². The normalized spacial score (nSPS) is 17.3. The van der Waals surface area contributed by atoms with Crippen molar-refractivity contribution in [3.8, 4) is 5.69 Å². The number of carbonyl (C=O) groups excluding carboxylic acids is 1. The average molecular weight is 427 g/mol. The highest BCUT2D eigenvalue weighted by atomic mass is 35.5. The van der Waals surface area contributed by atoms with Crippen molar-refractivity contribution in [1.82, 2.24) is 19.5 Å². The number of rotatable bonds is 6. The molecule has 0 spiro atoms. The van der Waals surface area contributed by atoms with Crippen LogP contribution in [0.5, 0.6) is 0 Å². The summed E-state index contributed by atoms with van der Waals surface area (Å²) in [4.78, 5) is 27.1. The molecule has 3 heterocycles. The third-order valence-corrected chi connectivity index (χ3v) is 5.33. The molecule has 0 aliphatic carbocycles. The van der Waals surface area contributed by atoms with Crippen molar-refractivity contribution in [3.63, 3.8) is 0 Å². The van der Waals surface area contributed by atoms with Crippen LogP contribution >= 0.6 is 11.6 Å². The van der Waals surface area contributed by atoms with E-state index in [1.807, 2.05) is 42.0 Å². The lowest BCUT2D eigenvalue weighted by atomic mass is 10.0. The molecule has 8 nitrogen and oxygen atoms in total. The third kappa shape index (κ3) is 4.09. The van der Waals surface area contributed by atoms with Crippen LogP contribution in [0.15, 0.2) is 49.1 Å². The van der Waals surface area contributed by atoms with Crippen LogP contribution in [0.1, 0.15) is 32.5 Å². The standard InChI is InChI=1S/C21H23ClN6O2/c1-13(2)18-11-30-21(29)28(18)19-8-9-23-20(26-19)25-14(3)17-10-27(12-24-17)16-6-4-15(22)5-7-16/h4-10,12-14,18H,11H2,1-3H3,(H,23,25,26)/t14-,18+/m0/s1. The van der Waals surface area contributed by atoms with E-state index >= 15 is 0 Å². The van der Waals surface area contributed by atoms with Gasteiger partial charge in [-0.3, -0.25) is 4.90 Å². The van der Waals surface area contributed by atoms with E-state index in [-0.39, 0.29) is 24.1 Å². The summed E-state index contributed by atoms with van der Waals surface area (Å²) in [5, 5.41) is 3.94. The van der Waals surface area contributed by atoms with Crippen LogP contribution < -0.4 is 10.2 Å². The molecular formula is C21H23ClN6O2. The number of amides is 1. The number of anilines is 2. The highest BCUT2D eigenvalue weighted by Gasteiger charge is 2.37. The van der Waals surface area contributed by atoms with E-state index in [4.69, 9.17) is 16.3 Å². The van der Waals surface area contributed by atoms with Crippen LogP contribution in [0, 0.1) is 5.92 Å². The molecule has 1 N–H and O–H groups in total. The van der Waals surface area contributed by atoms with Crippen LogP contribution in [0.25, 0.3) is 5.69 Å². The Bertz CT molecular complexity index is 1040. The summed E-state index contributed by atoms with van der Waals surface area (Å²) in [5.41, 5.74) is 1.80. The molecule has 1 aromatic carbocycles. The molecule has 3 aromatic rings. The van der Waals surface area contributed by atoms with E-state index in [0.717, 1.165) is 11.4 Å². The van der Waals surface area contributed by atoms with Gasteiger partial charge in [0.05, 0.1) is 24.1 Å². The molecule has 2 aromatic heterocycles. The molecule has 0 saturated carbocycles. The van der Waals surface area contributed by atoms with Gasteiger partial charge in [-0.2, -0.15) is 4.98 Å². The fourth-order valence-electron chi connectivity index (χ4n) is 3.33. The average Bonchev–Trinajstić information content (AvgIpc) is 3.36. The van der Waals surface area contributed by atoms with Gasteiger partial charge in [0, 0.05) is 23.1 Å². The summed E-state index contributed by atoms with van der Waals surface area (Å²) in [6.45, 7) is 6.45. The van der Waals surface area contributed by atoms with E-state index in [2.05, 4.69) is 34.1 Å². The van der Waals surface area contributed by atoms with Gasteiger partial charge in [-0.1, -0.05) is 25.4 Å². The van der Waals surface area contributed by atoms with Crippen molar-refractivity contribution < 1.29 is 9.53 Å². The number of cyclic esters (lactones) is 1. The molecular weight excluding hydrogens is 404 g/mol.